The quantitative estimate of drug-likeness (QED) is 0.187. The third-order valence-electron chi connectivity index (χ3n) is 7.32. The van der Waals surface area contributed by atoms with Gasteiger partial charge in [0.1, 0.15) is 6.04 Å². The minimum atomic E-state index is -0.625. The summed E-state index contributed by atoms with van der Waals surface area (Å²) in [6.07, 6.45) is 2.62. The molecule has 4 aromatic rings. The van der Waals surface area contributed by atoms with Crippen LogP contribution >= 0.6 is 0 Å². The molecule has 0 aliphatic rings. The van der Waals surface area contributed by atoms with Gasteiger partial charge in [0.15, 0.2) is 0 Å². The first kappa shape index (κ1) is 28.8. The number of carbonyl (C=O) groups is 2. The Morgan fingerprint density at radius 3 is 1.90 bits per heavy atom. The molecule has 1 N–H and O–H groups in total. The summed E-state index contributed by atoms with van der Waals surface area (Å²) < 4.78 is 0. The molecule has 0 saturated carbocycles. The number of hydrogen-bond acceptors (Lipinski definition) is 2. The maximum Gasteiger partial charge on any atom is 0.243 e. The standard InChI is InChI=1S/C36H40N2O2/c1-3-4-23-37-36(40)34(25-29-16-8-5-9-17-29)38(27-30-18-14-15-28(2)24-30)35(39)26-33(31-19-10-6-11-20-31)32-21-12-7-13-22-32/h5-22,24,33-34H,3-4,23,25-27H2,1-2H3,(H,37,40)/t34-/m0/s1. The Labute approximate surface area is 239 Å². The Balaban J connectivity index is 1.71. The molecule has 1 atom stereocenters. The molecule has 4 nitrogen and oxygen atoms in total. The van der Waals surface area contributed by atoms with Crippen LogP contribution in [0.1, 0.15) is 59.9 Å². The van der Waals surface area contributed by atoms with E-state index in [1.165, 1.54) is 0 Å². The smallest absolute Gasteiger partial charge is 0.243 e. The van der Waals surface area contributed by atoms with E-state index in [1.807, 2.05) is 83.8 Å². The first-order valence-electron chi connectivity index (χ1n) is 14.3. The van der Waals surface area contributed by atoms with Gasteiger partial charge in [-0.05, 0) is 35.6 Å². The summed E-state index contributed by atoms with van der Waals surface area (Å²) in [5.74, 6) is -0.254. The van der Waals surface area contributed by atoms with Gasteiger partial charge in [0.25, 0.3) is 0 Å². The van der Waals surface area contributed by atoms with Gasteiger partial charge in [-0.3, -0.25) is 9.59 Å². The Morgan fingerprint density at radius 2 is 1.32 bits per heavy atom. The zero-order valence-corrected chi connectivity index (χ0v) is 23.6. The van der Waals surface area contributed by atoms with Crippen LogP contribution in [0.4, 0.5) is 0 Å². The van der Waals surface area contributed by atoms with E-state index in [1.54, 1.807) is 0 Å². The van der Waals surface area contributed by atoms with E-state index in [2.05, 4.69) is 55.6 Å². The average Bonchev–Trinajstić information content (AvgIpc) is 2.99. The predicted octanol–water partition coefficient (Wildman–Crippen LogP) is 7.07. The zero-order valence-electron chi connectivity index (χ0n) is 23.6. The summed E-state index contributed by atoms with van der Waals surface area (Å²) in [7, 11) is 0. The molecule has 0 heterocycles. The molecule has 0 spiro atoms. The SMILES string of the molecule is CCCCNC(=O)[C@H](Cc1ccccc1)N(Cc1cccc(C)c1)C(=O)CC(c1ccccc1)c1ccccc1. The van der Waals surface area contributed by atoms with E-state index < -0.39 is 6.04 Å². The molecule has 2 amide bonds. The summed E-state index contributed by atoms with van der Waals surface area (Å²) in [5.41, 5.74) is 5.35. The van der Waals surface area contributed by atoms with Gasteiger partial charge in [-0.1, -0.05) is 134 Å². The van der Waals surface area contributed by atoms with Gasteiger partial charge in [-0.25, -0.2) is 0 Å². The Bertz CT molecular complexity index is 1300. The summed E-state index contributed by atoms with van der Waals surface area (Å²) in [5, 5.41) is 3.12. The summed E-state index contributed by atoms with van der Waals surface area (Å²) in [4.78, 5) is 30.0. The van der Waals surface area contributed by atoms with Crippen molar-refractivity contribution in [2.45, 2.75) is 58.0 Å². The Kier molecular flexibility index (Phi) is 10.7. The van der Waals surface area contributed by atoms with Crippen LogP contribution in [0.15, 0.2) is 115 Å². The number of amides is 2. The van der Waals surface area contributed by atoms with Gasteiger partial charge >= 0.3 is 0 Å². The highest BCUT2D eigenvalue weighted by Gasteiger charge is 2.32. The molecular formula is C36H40N2O2. The topological polar surface area (TPSA) is 49.4 Å². The zero-order chi connectivity index (χ0) is 28.2. The lowest BCUT2D eigenvalue weighted by Crippen LogP contribution is -2.51. The highest BCUT2D eigenvalue weighted by atomic mass is 16.2. The maximum absolute atomic E-state index is 14.4. The molecule has 4 heteroatoms. The monoisotopic (exact) mass is 532 g/mol. The number of benzene rings is 4. The average molecular weight is 533 g/mol. The van der Waals surface area contributed by atoms with Crippen LogP contribution in [-0.4, -0.2) is 29.3 Å². The van der Waals surface area contributed by atoms with E-state index in [0.717, 1.165) is 40.7 Å². The second kappa shape index (κ2) is 14.8. The third-order valence-corrected chi connectivity index (χ3v) is 7.32. The fourth-order valence-corrected chi connectivity index (χ4v) is 5.16. The molecule has 0 aromatic heterocycles. The highest BCUT2D eigenvalue weighted by Crippen LogP contribution is 2.30. The molecule has 206 valence electrons. The molecule has 0 saturated heterocycles. The van der Waals surface area contributed by atoms with Crippen molar-refractivity contribution >= 4 is 11.8 Å². The second-order valence-corrected chi connectivity index (χ2v) is 10.4. The van der Waals surface area contributed by atoms with E-state index in [9.17, 15) is 9.59 Å². The van der Waals surface area contributed by atoms with Crippen LogP contribution in [0.5, 0.6) is 0 Å². The number of hydrogen-bond donors (Lipinski definition) is 1. The number of aryl methyl sites for hydroxylation is 1. The fourth-order valence-electron chi connectivity index (χ4n) is 5.16. The largest absolute Gasteiger partial charge is 0.354 e. The van der Waals surface area contributed by atoms with Crippen LogP contribution in [0.3, 0.4) is 0 Å². The number of nitrogens with one attached hydrogen (secondary N) is 1. The summed E-state index contributed by atoms with van der Waals surface area (Å²) in [6, 6.07) is 37.9. The van der Waals surface area contributed by atoms with Crippen molar-refractivity contribution in [2.24, 2.45) is 0 Å². The van der Waals surface area contributed by atoms with Crippen LogP contribution in [-0.2, 0) is 22.6 Å². The predicted molar refractivity (Wildman–Crippen MR) is 163 cm³/mol. The Hall–Kier alpha value is -4.18. The molecule has 0 bridgehead atoms. The molecule has 40 heavy (non-hydrogen) atoms. The molecule has 0 fully saturated rings. The molecule has 0 aliphatic carbocycles. The van der Waals surface area contributed by atoms with Crippen molar-refractivity contribution < 1.29 is 9.59 Å². The molecule has 4 rings (SSSR count). The lowest BCUT2D eigenvalue weighted by atomic mass is 9.87. The summed E-state index contributed by atoms with van der Waals surface area (Å²) >= 11 is 0. The minimum absolute atomic E-state index is 0.0363. The third kappa shape index (κ3) is 8.16. The molecular weight excluding hydrogens is 492 g/mol. The van der Waals surface area contributed by atoms with E-state index in [0.29, 0.717) is 19.5 Å². The van der Waals surface area contributed by atoms with Crippen molar-refractivity contribution in [3.8, 4) is 0 Å². The molecule has 4 aromatic carbocycles. The maximum atomic E-state index is 14.4. The Morgan fingerprint density at radius 1 is 0.750 bits per heavy atom. The van der Waals surface area contributed by atoms with Crippen molar-refractivity contribution in [1.29, 1.82) is 0 Å². The van der Waals surface area contributed by atoms with Crippen LogP contribution in [0.25, 0.3) is 0 Å². The number of carbonyl (C=O) groups excluding carboxylic acids is 2. The van der Waals surface area contributed by atoms with E-state index in [-0.39, 0.29) is 24.2 Å². The van der Waals surface area contributed by atoms with Crippen molar-refractivity contribution in [2.75, 3.05) is 6.54 Å². The van der Waals surface area contributed by atoms with Crippen molar-refractivity contribution in [1.82, 2.24) is 10.2 Å². The van der Waals surface area contributed by atoms with Gasteiger partial charge in [-0.2, -0.15) is 0 Å². The number of rotatable bonds is 13. The van der Waals surface area contributed by atoms with Gasteiger partial charge < -0.3 is 10.2 Å². The van der Waals surface area contributed by atoms with E-state index >= 15 is 0 Å². The van der Waals surface area contributed by atoms with Crippen LogP contribution in [0.2, 0.25) is 0 Å². The minimum Gasteiger partial charge on any atom is -0.354 e. The highest BCUT2D eigenvalue weighted by molar-refractivity contribution is 5.88. The number of nitrogens with zero attached hydrogens (tertiary/aromatic N) is 1. The second-order valence-electron chi connectivity index (χ2n) is 10.4. The molecule has 0 unspecified atom stereocenters. The van der Waals surface area contributed by atoms with Crippen LogP contribution < -0.4 is 5.32 Å². The summed E-state index contributed by atoms with van der Waals surface area (Å²) in [6.45, 7) is 5.13. The molecule has 0 radical (unpaired) electrons. The lowest BCUT2D eigenvalue weighted by molar-refractivity contribution is -0.141. The van der Waals surface area contributed by atoms with Crippen molar-refractivity contribution in [3.63, 3.8) is 0 Å². The fraction of sp³-hybridized carbons (Fsp3) is 0.278. The first-order valence-corrected chi connectivity index (χ1v) is 14.3. The molecule has 0 aliphatic heterocycles. The lowest BCUT2D eigenvalue weighted by Gasteiger charge is -2.33. The van der Waals surface area contributed by atoms with Gasteiger partial charge in [0, 0.05) is 31.8 Å². The first-order chi connectivity index (χ1) is 19.5. The number of unbranched alkanes of at least 4 members (excludes halogenated alkanes) is 1. The van der Waals surface area contributed by atoms with Crippen LogP contribution in [0, 0.1) is 6.92 Å². The van der Waals surface area contributed by atoms with E-state index in [4.69, 9.17) is 0 Å². The normalized spacial score (nSPS) is 11.7. The van der Waals surface area contributed by atoms with Gasteiger partial charge in [0.2, 0.25) is 11.8 Å². The van der Waals surface area contributed by atoms with Gasteiger partial charge in [0.05, 0.1) is 0 Å². The van der Waals surface area contributed by atoms with Crippen molar-refractivity contribution in [3.05, 3.63) is 143 Å². The van der Waals surface area contributed by atoms with Gasteiger partial charge in [-0.15, -0.1) is 0 Å².